The number of urea groups is 1. The molecule has 2 aliphatic heterocycles. The van der Waals surface area contributed by atoms with Gasteiger partial charge in [0, 0.05) is 48.6 Å². The van der Waals surface area contributed by atoms with E-state index in [0.29, 0.717) is 60.2 Å². The summed E-state index contributed by atoms with van der Waals surface area (Å²) in [6, 6.07) is 5.62. The molecule has 5 aliphatic rings. The molecule has 4 atom stereocenters. The Bertz CT molecular complexity index is 2280. The van der Waals surface area contributed by atoms with Crippen LogP contribution in [0.4, 0.5) is 14.7 Å². The molecule has 5 amide bonds. The summed E-state index contributed by atoms with van der Waals surface area (Å²) in [7, 11) is -2.34. The molecule has 2 aromatic heterocycles. The van der Waals surface area contributed by atoms with Crippen LogP contribution in [0.5, 0.6) is 11.5 Å². The lowest BCUT2D eigenvalue weighted by Crippen LogP contribution is -2.59. The first-order valence-electron chi connectivity index (χ1n) is 20.8. The number of hydrogen-bond donors (Lipinski definition) is 4. The van der Waals surface area contributed by atoms with E-state index in [9.17, 15) is 27.6 Å². The Morgan fingerprint density at radius 3 is 2.60 bits per heavy atom. The van der Waals surface area contributed by atoms with E-state index in [0.717, 1.165) is 35.7 Å². The van der Waals surface area contributed by atoms with Crippen LogP contribution in [-0.2, 0) is 24.3 Å². The van der Waals surface area contributed by atoms with Gasteiger partial charge in [0.15, 0.2) is 5.13 Å². The van der Waals surface area contributed by atoms with Crippen LogP contribution in [0.3, 0.4) is 0 Å². The van der Waals surface area contributed by atoms with Crippen molar-refractivity contribution in [1.82, 2.24) is 35.3 Å². The van der Waals surface area contributed by atoms with E-state index >= 15 is 0 Å². The number of allylic oxidation sites excluding steroid dienone is 1. The molecular formula is C41H52N8O9S2. The first-order valence-corrected chi connectivity index (χ1v) is 23.2. The molecule has 1 aromatic carbocycles. The van der Waals surface area contributed by atoms with Gasteiger partial charge >= 0.3 is 12.1 Å². The minimum absolute atomic E-state index is 0.0226. The summed E-state index contributed by atoms with van der Waals surface area (Å²) in [4.78, 5) is 67.7. The van der Waals surface area contributed by atoms with Crippen LogP contribution in [0, 0.1) is 5.92 Å². The van der Waals surface area contributed by atoms with Crippen LogP contribution in [0.2, 0.25) is 0 Å². The minimum Gasteiger partial charge on any atom is -0.497 e. The second kappa shape index (κ2) is 17.1. The van der Waals surface area contributed by atoms with Gasteiger partial charge in [-0.3, -0.25) is 14.3 Å². The number of fused-ring (bicyclic) bond motifs is 3. The molecule has 0 radical (unpaired) electrons. The van der Waals surface area contributed by atoms with Gasteiger partial charge in [0.1, 0.15) is 35.3 Å². The minimum atomic E-state index is -3.91. The molecule has 1 saturated heterocycles. The molecule has 3 aliphatic carbocycles. The molecule has 3 aromatic rings. The predicted octanol–water partition coefficient (Wildman–Crippen LogP) is 5.24. The first kappa shape index (κ1) is 41.6. The SMILES string of the molecule is COc1ccc2c(O[C@@H]3C[C@H]4C(=O)N[C@@]5(C(=O)NS(=O)(=O)C6CC6)C[C@H]5/C=C\CCCCN(NC(=O)OC5CCCC5)C(=O)N4C3)cc(-c3cnc(NC(C)C)s3)nc2c1. The van der Waals surface area contributed by atoms with Gasteiger partial charge in [-0.25, -0.2) is 38.4 Å². The Kier molecular flexibility index (Phi) is 11.8. The zero-order valence-corrected chi connectivity index (χ0v) is 35.6. The smallest absolute Gasteiger partial charge is 0.426 e. The number of methoxy groups -OCH3 is 1. The van der Waals surface area contributed by atoms with E-state index in [-0.39, 0.29) is 38.1 Å². The van der Waals surface area contributed by atoms with Crippen molar-refractivity contribution in [2.45, 2.75) is 120 Å². The van der Waals surface area contributed by atoms with Gasteiger partial charge in [0.05, 0.1) is 35.0 Å². The third kappa shape index (κ3) is 9.11. The largest absolute Gasteiger partial charge is 0.497 e. The molecule has 0 spiro atoms. The van der Waals surface area contributed by atoms with Crippen molar-refractivity contribution in [3.8, 4) is 22.1 Å². The summed E-state index contributed by atoms with van der Waals surface area (Å²) in [5, 5.41) is 8.17. The van der Waals surface area contributed by atoms with Crippen molar-refractivity contribution in [1.29, 1.82) is 0 Å². The fourth-order valence-electron chi connectivity index (χ4n) is 8.16. The highest BCUT2D eigenvalue weighted by atomic mass is 32.2. The lowest BCUT2D eigenvalue weighted by molar-refractivity contribution is -0.131. The normalized spacial score (nSPS) is 25.5. The second-order valence-corrected chi connectivity index (χ2v) is 19.6. The highest BCUT2D eigenvalue weighted by Crippen LogP contribution is 2.46. The number of benzene rings is 1. The standard InChI is InChI=1S/C41H52N8O9S2/c1-24(2)43-38-42-22-35(59-38)32-20-34(30-16-13-27(56-3)18-31(30)44-32)57-28-19-33-36(50)45-41(37(51)47-60(54,55)29-14-15-29)21-25(41)10-6-4-5-9-17-49(40(53)48(33)23-28)46-39(52)58-26-11-7-8-12-26/h6,10,13,16,18,20,22,24-26,28-29,33H,4-5,7-9,11-12,14-15,17,19,21,23H2,1-3H3,(H,42,43)(H,45,50)(H,46,52)(H,47,51)/b10-6-/t25-,28-,33+,41+/m1/s1. The molecule has 4 heterocycles. The van der Waals surface area contributed by atoms with Gasteiger partial charge in [0.2, 0.25) is 15.9 Å². The topological polar surface area (TPSA) is 210 Å². The molecule has 0 unspecified atom stereocenters. The maximum absolute atomic E-state index is 14.6. The number of aromatic nitrogens is 2. The van der Waals surface area contributed by atoms with Gasteiger partial charge in [-0.2, -0.15) is 0 Å². The van der Waals surface area contributed by atoms with E-state index in [1.165, 1.54) is 21.2 Å². The Hall–Kier alpha value is -5.17. The monoisotopic (exact) mass is 864 g/mol. The van der Waals surface area contributed by atoms with Crippen molar-refractivity contribution in [3.05, 3.63) is 42.6 Å². The average Bonchev–Trinajstić information content (AvgIpc) is 3.99. The van der Waals surface area contributed by atoms with Gasteiger partial charge in [0.25, 0.3) is 5.91 Å². The number of hydrogen-bond acceptors (Lipinski definition) is 13. The summed E-state index contributed by atoms with van der Waals surface area (Å²) < 4.78 is 46.0. The number of hydrazine groups is 1. The summed E-state index contributed by atoms with van der Waals surface area (Å²) >= 11 is 1.44. The van der Waals surface area contributed by atoms with E-state index in [1.54, 1.807) is 25.4 Å². The molecule has 4 fully saturated rings. The predicted molar refractivity (Wildman–Crippen MR) is 224 cm³/mol. The molecule has 4 N–H and O–H groups in total. The van der Waals surface area contributed by atoms with Crippen LogP contribution in [0.15, 0.2) is 42.6 Å². The summed E-state index contributed by atoms with van der Waals surface area (Å²) in [6.07, 6.45) is 10.1. The average molecular weight is 865 g/mol. The van der Waals surface area contributed by atoms with Crippen LogP contribution in [0.25, 0.3) is 21.5 Å². The van der Waals surface area contributed by atoms with Crippen LogP contribution >= 0.6 is 11.3 Å². The number of sulfonamides is 1. The molecule has 322 valence electrons. The number of nitrogens with zero attached hydrogens (tertiary/aromatic N) is 4. The van der Waals surface area contributed by atoms with E-state index < -0.39 is 62.8 Å². The number of thiazole rings is 1. The number of rotatable bonds is 11. The fourth-order valence-corrected chi connectivity index (χ4v) is 10.5. The zero-order valence-electron chi connectivity index (χ0n) is 34.0. The van der Waals surface area contributed by atoms with E-state index in [1.807, 2.05) is 38.1 Å². The van der Waals surface area contributed by atoms with Gasteiger partial charge in [-0.15, -0.1) is 0 Å². The summed E-state index contributed by atoms with van der Waals surface area (Å²) in [5.41, 5.74) is 2.33. The van der Waals surface area contributed by atoms with Crippen molar-refractivity contribution in [3.63, 3.8) is 0 Å². The maximum atomic E-state index is 14.6. The Morgan fingerprint density at radius 1 is 1.05 bits per heavy atom. The number of carbonyl (C=O) groups excluding carboxylic acids is 4. The van der Waals surface area contributed by atoms with Crippen molar-refractivity contribution >= 4 is 61.3 Å². The third-order valence-corrected chi connectivity index (χ3v) is 14.4. The number of anilines is 1. The zero-order chi connectivity index (χ0) is 42.2. The first-order chi connectivity index (χ1) is 28.8. The Morgan fingerprint density at radius 2 is 1.85 bits per heavy atom. The maximum Gasteiger partial charge on any atom is 0.426 e. The second-order valence-electron chi connectivity index (χ2n) is 16.6. The molecule has 0 bridgehead atoms. The molecular weight excluding hydrogens is 813 g/mol. The van der Waals surface area contributed by atoms with Crippen molar-refractivity contribution in [2.24, 2.45) is 5.92 Å². The van der Waals surface area contributed by atoms with E-state index in [2.05, 4.69) is 25.8 Å². The molecule has 17 nitrogen and oxygen atoms in total. The molecule has 60 heavy (non-hydrogen) atoms. The fraction of sp³-hybridized carbons (Fsp3) is 0.561. The summed E-state index contributed by atoms with van der Waals surface area (Å²) in [6.45, 7) is 4.15. The molecule has 19 heteroatoms. The van der Waals surface area contributed by atoms with Crippen molar-refractivity contribution in [2.75, 3.05) is 25.5 Å². The van der Waals surface area contributed by atoms with Crippen molar-refractivity contribution < 1.29 is 41.8 Å². The third-order valence-electron chi connectivity index (χ3n) is 11.6. The lowest BCUT2D eigenvalue weighted by atomic mass is 10.1. The molecule has 3 saturated carbocycles. The highest BCUT2D eigenvalue weighted by molar-refractivity contribution is 7.91. The number of carbonyl (C=O) groups is 4. The Balaban J connectivity index is 1.11. The van der Waals surface area contributed by atoms with Gasteiger partial charge in [-0.1, -0.05) is 23.5 Å². The number of pyridine rings is 1. The Labute approximate surface area is 353 Å². The summed E-state index contributed by atoms with van der Waals surface area (Å²) in [5.74, 6) is -0.834. The highest BCUT2D eigenvalue weighted by Gasteiger charge is 2.62. The molecule has 8 rings (SSSR count). The lowest BCUT2D eigenvalue weighted by Gasteiger charge is -2.32. The van der Waals surface area contributed by atoms with Gasteiger partial charge in [-0.05, 0) is 90.2 Å². The van der Waals surface area contributed by atoms with Crippen LogP contribution in [0.1, 0.15) is 84.5 Å². The number of ether oxygens (including phenoxy) is 3. The number of amides is 5. The van der Waals surface area contributed by atoms with Crippen LogP contribution < -0.4 is 30.3 Å². The van der Waals surface area contributed by atoms with Gasteiger partial charge < -0.3 is 29.7 Å². The number of nitrogens with one attached hydrogen (secondary N) is 4. The quantitative estimate of drug-likeness (QED) is 0.183. The van der Waals surface area contributed by atoms with E-state index in [4.69, 9.17) is 19.2 Å². The van der Waals surface area contributed by atoms with Crippen LogP contribution in [-0.4, -0.2) is 108 Å².